The Bertz CT molecular complexity index is 747. The Kier molecular flexibility index (Phi) is 4.74. The van der Waals surface area contributed by atoms with Gasteiger partial charge in [0.15, 0.2) is 6.61 Å². The summed E-state index contributed by atoms with van der Waals surface area (Å²) in [6.07, 6.45) is 1.76. The molecule has 2 N–H and O–H groups in total. The summed E-state index contributed by atoms with van der Waals surface area (Å²) < 4.78 is 5.33. The van der Waals surface area contributed by atoms with E-state index in [0.29, 0.717) is 5.75 Å². The van der Waals surface area contributed by atoms with E-state index in [-0.39, 0.29) is 6.61 Å². The third-order valence-electron chi connectivity index (χ3n) is 3.93. The molecule has 7 heteroatoms. The molecule has 1 aromatic carbocycles. The number of nitriles is 1. The van der Waals surface area contributed by atoms with Crippen LogP contribution in [0.15, 0.2) is 24.4 Å². The van der Waals surface area contributed by atoms with Gasteiger partial charge in [-0.15, -0.1) is 0 Å². The number of rotatable bonds is 5. The minimum atomic E-state index is -0.846. The first-order valence-corrected chi connectivity index (χ1v) is 8.51. The van der Waals surface area contributed by atoms with Crippen LogP contribution in [0.5, 0.6) is 5.75 Å². The first-order chi connectivity index (χ1) is 11.2. The van der Waals surface area contributed by atoms with Crippen LogP contribution in [-0.4, -0.2) is 52.2 Å². The molecule has 3 rings (SSSR count). The predicted molar refractivity (Wildman–Crippen MR) is 88.7 cm³/mol. The number of carboxylic acids is 1. The molecular formula is C16H17N3O3S. The molecule has 0 amide bonds. The Balaban J connectivity index is 1.98. The molecule has 1 aliphatic heterocycles. The van der Waals surface area contributed by atoms with Gasteiger partial charge < -0.3 is 14.8 Å². The Morgan fingerprint density at radius 3 is 2.96 bits per heavy atom. The molecule has 1 saturated heterocycles. The average molecular weight is 331 g/mol. The second kappa shape index (κ2) is 6.94. The summed E-state index contributed by atoms with van der Waals surface area (Å²) in [4.78, 5) is 17.0. The number of nitrogens with one attached hydrogen (secondary N) is 1. The number of benzene rings is 1. The van der Waals surface area contributed by atoms with Crippen molar-refractivity contribution in [1.82, 2.24) is 9.88 Å². The van der Waals surface area contributed by atoms with Gasteiger partial charge in [-0.25, -0.2) is 0 Å². The molecule has 23 heavy (non-hydrogen) atoms. The average Bonchev–Trinajstić information content (AvgIpc) is 2.97. The van der Waals surface area contributed by atoms with Crippen molar-refractivity contribution in [2.45, 2.75) is 6.04 Å². The molecular weight excluding hydrogens is 314 g/mol. The number of fused-ring (bicyclic) bond motifs is 1. The third kappa shape index (κ3) is 3.28. The van der Waals surface area contributed by atoms with Crippen molar-refractivity contribution in [3.63, 3.8) is 0 Å². The first-order valence-electron chi connectivity index (χ1n) is 7.36. The fraction of sp³-hybridized carbons (Fsp3) is 0.375. The number of aliphatic carboxylic acids is 1. The predicted octanol–water partition coefficient (Wildman–Crippen LogP) is 2.24. The molecule has 1 fully saturated rings. The normalized spacial score (nSPS) is 16.8. The van der Waals surface area contributed by atoms with Crippen LogP contribution >= 0.6 is 11.8 Å². The van der Waals surface area contributed by atoms with Gasteiger partial charge in [-0.2, -0.15) is 17.0 Å². The summed E-state index contributed by atoms with van der Waals surface area (Å²) in [7, 11) is 0. The smallest absolute Gasteiger partial charge is 0.325 e. The van der Waals surface area contributed by atoms with Crippen LogP contribution in [0.3, 0.4) is 0 Å². The van der Waals surface area contributed by atoms with Crippen LogP contribution in [0.1, 0.15) is 11.6 Å². The monoisotopic (exact) mass is 331 g/mol. The highest BCUT2D eigenvalue weighted by molar-refractivity contribution is 7.99. The lowest BCUT2D eigenvalue weighted by atomic mass is 10.0. The molecule has 0 aliphatic carbocycles. The fourth-order valence-corrected chi connectivity index (χ4v) is 3.81. The molecule has 2 heterocycles. The Morgan fingerprint density at radius 1 is 1.48 bits per heavy atom. The molecule has 6 nitrogen and oxygen atoms in total. The second-order valence-electron chi connectivity index (χ2n) is 5.29. The highest BCUT2D eigenvalue weighted by Gasteiger charge is 2.30. The summed E-state index contributed by atoms with van der Waals surface area (Å²) >= 11 is 1.85. The minimum absolute atomic E-state index is 0.0308. The van der Waals surface area contributed by atoms with Crippen LogP contribution in [0.2, 0.25) is 0 Å². The maximum Gasteiger partial charge on any atom is 0.325 e. The van der Waals surface area contributed by atoms with Gasteiger partial charge in [0.1, 0.15) is 17.9 Å². The number of aromatic nitrogens is 1. The molecule has 0 spiro atoms. The SMILES string of the molecule is N#CCOc1ccc2[nH]cc([C@@H](C(=O)O)N3CCSCC3)c2c1. The number of carboxylic acid groups (broad SMARTS) is 1. The summed E-state index contributed by atoms with van der Waals surface area (Å²) in [6, 6.07) is 6.67. The summed E-state index contributed by atoms with van der Waals surface area (Å²) in [6.45, 7) is 1.49. The molecule has 0 unspecified atom stereocenters. The van der Waals surface area contributed by atoms with E-state index < -0.39 is 12.0 Å². The molecule has 2 aromatic rings. The van der Waals surface area contributed by atoms with E-state index >= 15 is 0 Å². The molecule has 0 bridgehead atoms. The third-order valence-corrected chi connectivity index (χ3v) is 4.87. The van der Waals surface area contributed by atoms with E-state index in [1.54, 1.807) is 18.3 Å². The summed E-state index contributed by atoms with van der Waals surface area (Å²) in [5, 5.41) is 19.2. The van der Waals surface area contributed by atoms with E-state index in [1.807, 2.05) is 28.8 Å². The molecule has 1 aliphatic rings. The van der Waals surface area contributed by atoms with Crippen molar-refractivity contribution < 1.29 is 14.6 Å². The lowest BCUT2D eigenvalue weighted by Gasteiger charge is -2.31. The molecule has 1 aromatic heterocycles. The summed E-state index contributed by atoms with van der Waals surface area (Å²) in [5.41, 5.74) is 1.60. The number of H-pyrrole nitrogens is 1. The van der Waals surface area contributed by atoms with Crippen molar-refractivity contribution in [2.24, 2.45) is 0 Å². The lowest BCUT2D eigenvalue weighted by molar-refractivity contribution is -0.143. The van der Waals surface area contributed by atoms with Gasteiger partial charge in [-0.3, -0.25) is 9.69 Å². The van der Waals surface area contributed by atoms with E-state index in [4.69, 9.17) is 10.00 Å². The van der Waals surface area contributed by atoms with E-state index in [2.05, 4.69) is 4.98 Å². The highest BCUT2D eigenvalue weighted by atomic mass is 32.2. The molecule has 0 saturated carbocycles. The van der Waals surface area contributed by atoms with Gasteiger partial charge in [-0.1, -0.05) is 0 Å². The van der Waals surface area contributed by atoms with Crippen LogP contribution in [-0.2, 0) is 4.79 Å². The number of thioether (sulfide) groups is 1. The number of nitrogens with zero attached hydrogens (tertiary/aromatic N) is 2. The lowest BCUT2D eigenvalue weighted by Crippen LogP contribution is -2.39. The zero-order chi connectivity index (χ0) is 16.2. The van der Waals surface area contributed by atoms with E-state index in [9.17, 15) is 9.90 Å². The number of hydrogen-bond donors (Lipinski definition) is 2. The minimum Gasteiger partial charge on any atom is -0.480 e. The van der Waals surface area contributed by atoms with Crippen LogP contribution in [0.25, 0.3) is 10.9 Å². The number of ether oxygens (including phenoxy) is 1. The Morgan fingerprint density at radius 2 is 2.26 bits per heavy atom. The maximum atomic E-state index is 11.9. The van der Waals surface area contributed by atoms with Gasteiger partial charge in [0, 0.05) is 47.3 Å². The zero-order valence-corrected chi connectivity index (χ0v) is 13.3. The van der Waals surface area contributed by atoms with Gasteiger partial charge in [0.2, 0.25) is 0 Å². The first kappa shape index (κ1) is 15.7. The van der Waals surface area contributed by atoms with E-state index in [0.717, 1.165) is 41.1 Å². The van der Waals surface area contributed by atoms with E-state index in [1.165, 1.54) is 0 Å². The van der Waals surface area contributed by atoms with Crippen molar-refractivity contribution in [2.75, 3.05) is 31.2 Å². The number of hydrogen-bond acceptors (Lipinski definition) is 5. The van der Waals surface area contributed by atoms with Crippen LogP contribution < -0.4 is 4.74 Å². The molecule has 1 atom stereocenters. The number of aromatic amines is 1. The highest BCUT2D eigenvalue weighted by Crippen LogP contribution is 2.32. The molecule has 120 valence electrons. The number of carbonyl (C=O) groups is 1. The molecule has 0 radical (unpaired) electrons. The quantitative estimate of drug-likeness (QED) is 0.873. The van der Waals surface area contributed by atoms with Crippen molar-refractivity contribution in [1.29, 1.82) is 5.26 Å². The van der Waals surface area contributed by atoms with Gasteiger partial charge in [0.25, 0.3) is 0 Å². The second-order valence-corrected chi connectivity index (χ2v) is 6.51. The van der Waals surface area contributed by atoms with Gasteiger partial charge >= 0.3 is 5.97 Å². The van der Waals surface area contributed by atoms with Crippen molar-refractivity contribution >= 4 is 28.6 Å². The Labute approximate surface area is 138 Å². The Hall–Kier alpha value is -2.17. The largest absolute Gasteiger partial charge is 0.480 e. The maximum absolute atomic E-state index is 11.9. The fourth-order valence-electron chi connectivity index (χ4n) is 2.87. The zero-order valence-electron chi connectivity index (χ0n) is 12.5. The standard InChI is InChI=1S/C16H17N3O3S/c17-3-6-22-11-1-2-14-12(9-11)13(10-18-14)15(16(20)21)19-4-7-23-8-5-19/h1-2,9-10,15,18H,4-8H2,(H,20,21)/t15-/m0/s1. The topological polar surface area (TPSA) is 89.3 Å². The van der Waals surface area contributed by atoms with Gasteiger partial charge in [-0.05, 0) is 18.2 Å². The van der Waals surface area contributed by atoms with Crippen molar-refractivity contribution in [3.05, 3.63) is 30.0 Å². The summed E-state index contributed by atoms with van der Waals surface area (Å²) in [5.74, 6) is 1.62. The van der Waals surface area contributed by atoms with Crippen molar-refractivity contribution in [3.8, 4) is 11.8 Å². The van der Waals surface area contributed by atoms with Crippen LogP contribution in [0, 0.1) is 11.3 Å². The van der Waals surface area contributed by atoms with Crippen LogP contribution in [0.4, 0.5) is 0 Å². The van der Waals surface area contributed by atoms with Gasteiger partial charge in [0.05, 0.1) is 0 Å².